The zero-order chi connectivity index (χ0) is 13.4. The van der Waals surface area contributed by atoms with Gasteiger partial charge in [-0.2, -0.15) is 0 Å². The molecule has 0 aliphatic carbocycles. The molecule has 7 heteroatoms. The summed E-state index contributed by atoms with van der Waals surface area (Å²) in [7, 11) is 0. The molecule has 7 nitrogen and oxygen atoms in total. The van der Waals surface area contributed by atoms with Gasteiger partial charge in [-0.3, -0.25) is 9.59 Å². The van der Waals surface area contributed by atoms with Gasteiger partial charge in [-0.1, -0.05) is 13.8 Å². The second kappa shape index (κ2) is 7.48. The fourth-order valence-corrected chi connectivity index (χ4v) is 0.779. The zero-order valence-corrected chi connectivity index (χ0v) is 9.97. The number of carboxylic acid groups (broad SMARTS) is 1. The van der Waals surface area contributed by atoms with Crippen LogP contribution in [0.1, 0.15) is 27.2 Å². The van der Waals surface area contributed by atoms with Gasteiger partial charge in [0, 0.05) is 6.92 Å². The molecule has 0 saturated carbocycles. The van der Waals surface area contributed by atoms with E-state index in [9.17, 15) is 14.4 Å². The fraction of sp³-hybridized carbons (Fsp3) is 0.700. The highest BCUT2D eigenvalue weighted by atomic mass is 16.8. The van der Waals surface area contributed by atoms with E-state index in [4.69, 9.17) is 5.11 Å². The minimum atomic E-state index is -1.32. The first-order valence-corrected chi connectivity index (χ1v) is 5.06. The van der Waals surface area contributed by atoms with Crippen molar-refractivity contribution in [2.75, 3.05) is 6.61 Å². The lowest BCUT2D eigenvalue weighted by Gasteiger charge is -2.13. The molecule has 1 N–H and O–H groups in total. The van der Waals surface area contributed by atoms with E-state index >= 15 is 0 Å². The molecule has 0 amide bonds. The first-order valence-electron chi connectivity index (χ1n) is 5.06. The maximum Gasteiger partial charge on any atom is 0.511 e. The van der Waals surface area contributed by atoms with Crippen LogP contribution in [-0.2, 0) is 23.8 Å². The van der Waals surface area contributed by atoms with Crippen LogP contribution in [0, 0.1) is 5.92 Å². The van der Waals surface area contributed by atoms with E-state index in [1.54, 1.807) is 0 Å². The molecule has 98 valence electrons. The van der Waals surface area contributed by atoms with E-state index in [0.29, 0.717) is 0 Å². The van der Waals surface area contributed by atoms with Crippen molar-refractivity contribution >= 4 is 18.1 Å². The molecular formula is C10H16O7. The van der Waals surface area contributed by atoms with Gasteiger partial charge in [-0.25, -0.2) is 4.79 Å². The van der Waals surface area contributed by atoms with Gasteiger partial charge in [-0.05, 0) is 5.92 Å². The molecule has 0 spiro atoms. The van der Waals surface area contributed by atoms with Gasteiger partial charge in [0.05, 0.1) is 6.61 Å². The lowest BCUT2D eigenvalue weighted by Crippen LogP contribution is -2.24. The number of carboxylic acids is 1. The van der Waals surface area contributed by atoms with E-state index in [-0.39, 0.29) is 12.5 Å². The molecule has 0 bridgehead atoms. The van der Waals surface area contributed by atoms with Crippen LogP contribution in [0.4, 0.5) is 4.79 Å². The summed E-state index contributed by atoms with van der Waals surface area (Å²) in [6.45, 7) is 5.18. The van der Waals surface area contributed by atoms with Crippen molar-refractivity contribution in [3.8, 4) is 0 Å². The van der Waals surface area contributed by atoms with Crippen molar-refractivity contribution in [2.24, 2.45) is 5.92 Å². The highest BCUT2D eigenvalue weighted by Crippen LogP contribution is 2.01. The lowest BCUT2D eigenvalue weighted by atomic mass is 10.2. The maximum atomic E-state index is 11.0. The number of carbonyl (C=O) groups is 3. The maximum absolute atomic E-state index is 11.0. The average Bonchev–Trinajstić information content (AvgIpc) is 2.12. The molecule has 0 aromatic carbocycles. The highest BCUT2D eigenvalue weighted by Gasteiger charge is 2.17. The molecule has 0 aliphatic rings. The summed E-state index contributed by atoms with van der Waals surface area (Å²) in [5.41, 5.74) is 0. The summed E-state index contributed by atoms with van der Waals surface area (Å²) in [6, 6.07) is 0. The lowest BCUT2D eigenvalue weighted by molar-refractivity contribution is -0.170. The molecule has 0 aliphatic heterocycles. The topological polar surface area (TPSA) is 99.1 Å². The van der Waals surface area contributed by atoms with Crippen molar-refractivity contribution in [1.82, 2.24) is 0 Å². The van der Waals surface area contributed by atoms with Gasteiger partial charge in [-0.15, -0.1) is 0 Å². The molecule has 0 saturated heterocycles. The first-order chi connectivity index (χ1) is 7.81. The van der Waals surface area contributed by atoms with Crippen LogP contribution in [0.25, 0.3) is 0 Å². The van der Waals surface area contributed by atoms with Crippen molar-refractivity contribution in [3.63, 3.8) is 0 Å². The molecule has 0 heterocycles. The van der Waals surface area contributed by atoms with E-state index in [1.165, 1.54) is 6.92 Å². The van der Waals surface area contributed by atoms with E-state index in [1.807, 2.05) is 13.8 Å². The van der Waals surface area contributed by atoms with Crippen LogP contribution < -0.4 is 0 Å². The summed E-state index contributed by atoms with van der Waals surface area (Å²) >= 11 is 0. The van der Waals surface area contributed by atoms with Gasteiger partial charge < -0.3 is 19.3 Å². The Labute approximate surface area is 98.6 Å². The fourth-order valence-electron chi connectivity index (χ4n) is 0.779. The third-order valence-electron chi connectivity index (χ3n) is 1.39. The predicted molar refractivity (Wildman–Crippen MR) is 55.1 cm³/mol. The molecule has 1 atom stereocenters. The number of aliphatic carboxylic acids is 1. The minimum absolute atomic E-state index is 0.160. The van der Waals surface area contributed by atoms with Gasteiger partial charge in [0.15, 0.2) is 0 Å². The van der Waals surface area contributed by atoms with Gasteiger partial charge in [0.25, 0.3) is 0 Å². The Morgan fingerprint density at radius 2 is 1.71 bits per heavy atom. The third-order valence-corrected chi connectivity index (χ3v) is 1.39. The van der Waals surface area contributed by atoms with E-state index < -0.39 is 30.8 Å². The number of rotatable bonds is 6. The summed E-state index contributed by atoms with van der Waals surface area (Å²) in [6.07, 6.45) is -2.93. The molecule has 0 rings (SSSR count). The second-order valence-electron chi connectivity index (χ2n) is 3.70. The highest BCUT2D eigenvalue weighted by molar-refractivity contribution is 5.90. The number of carbonyl (C=O) groups excluding carboxylic acids is 2. The normalized spacial score (nSPS) is 11.8. The minimum Gasteiger partial charge on any atom is -0.481 e. The Bertz CT molecular complexity index is 284. The standard InChI is InChI=1S/C10H16O7/c1-6(2)5-15-10(14)17-7(3)16-9(13)4-8(11)12/h6-7H,4-5H2,1-3H3,(H,11,12). The molecule has 17 heavy (non-hydrogen) atoms. The number of ether oxygens (including phenoxy) is 3. The van der Waals surface area contributed by atoms with E-state index in [2.05, 4.69) is 14.2 Å². The molecule has 1 unspecified atom stereocenters. The van der Waals surface area contributed by atoms with Crippen molar-refractivity contribution in [3.05, 3.63) is 0 Å². The van der Waals surface area contributed by atoms with Crippen molar-refractivity contribution in [1.29, 1.82) is 0 Å². The third kappa shape index (κ3) is 9.16. The molecule has 0 aromatic rings. The Morgan fingerprint density at radius 1 is 1.12 bits per heavy atom. The summed E-state index contributed by atoms with van der Waals surface area (Å²) in [5.74, 6) is -2.14. The zero-order valence-electron chi connectivity index (χ0n) is 9.97. The van der Waals surface area contributed by atoms with Gasteiger partial charge in [0.2, 0.25) is 6.29 Å². The monoisotopic (exact) mass is 248 g/mol. The van der Waals surface area contributed by atoms with Crippen LogP contribution in [0.3, 0.4) is 0 Å². The predicted octanol–water partition coefficient (Wildman–Crippen LogP) is 1.16. The Hall–Kier alpha value is -1.79. The molecule has 0 fully saturated rings. The van der Waals surface area contributed by atoms with Crippen molar-refractivity contribution in [2.45, 2.75) is 33.5 Å². The molecular weight excluding hydrogens is 232 g/mol. The second-order valence-corrected chi connectivity index (χ2v) is 3.70. The average molecular weight is 248 g/mol. The van der Waals surface area contributed by atoms with Crippen LogP contribution in [0.2, 0.25) is 0 Å². The van der Waals surface area contributed by atoms with Crippen LogP contribution in [-0.4, -0.2) is 36.1 Å². The molecule has 0 aromatic heterocycles. The van der Waals surface area contributed by atoms with Crippen LogP contribution >= 0.6 is 0 Å². The molecule has 0 radical (unpaired) electrons. The summed E-state index contributed by atoms with van der Waals surface area (Å²) < 4.78 is 13.7. The number of hydrogen-bond acceptors (Lipinski definition) is 6. The Balaban J connectivity index is 3.84. The van der Waals surface area contributed by atoms with Crippen LogP contribution in [0.15, 0.2) is 0 Å². The SMILES string of the molecule is CC(C)COC(=O)OC(C)OC(=O)CC(=O)O. The van der Waals surface area contributed by atoms with E-state index in [0.717, 1.165) is 0 Å². The van der Waals surface area contributed by atoms with Gasteiger partial charge in [0.1, 0.15) is 6.42 Å². The number of esters is 1. The van der Waals surface area contributed by atoms with Gasteiger partial charge >= 0.3 is 18.1 Å². The summed E-state index contributed by atoms with van der Waals surface area (Å²) in [5, 5.41) is 8.29. The largest absolute Gasteiger partial charge is 0.511 e. The van der Waals surface area contributed by atoms with Crippen LogP contribution in [0.5, 0.6) is 0 Å². The first kappa shape index (κ1) is 15.2. The Morgan fingerprint density at radius 3 is 2.18 bits per heavy atom. The Kier molecular flexibility index (Phi) is 6.69. The number of hydrogen-bond donors (Lipinski definition) is 1. The van der Waals surface area contributed by atoms with Crippen molar-refractivity contribution < 1.29 is 33.7 Å². The smallest absolute Gasteiger partial charge is 0.481 e. The quantitative estimate of drug-likeness (QED) is 0.427. The summed E-state index contributed by atoms with van der Waals surface area (Å²) in [4.78, 5) is 32.0.